The number of hydrogen-bond acceptors (Lipinski definition) is 2. The van der Waals surface area contributed by atoms with Gasteiger partial charge in [-0.15, -0.1) is 0 Å². The molecule has 0 aliphatic heterocycles. The van der Waals surface area contributed by atoms with E-state index in [4.69, 9.17) is 5.26 Å². The zero-order chi connectivity index (χ0) is 12.0. The molecule has 0 saturated carbocycles. The second-order valence-electron chi connectivity index (χ2n) is 3.48. The number of hydrogen-bond donors (Lipinski definition) is 1. The molecule has 1 aromatic carbocycles. The third-order valence-electron chi connectivity index (χ3n) is 2.18. The van der Waals surface area contributed by atoms with Gasteiger partial charge in [-0.3, -0.25) is 4.79 Å². The van der Waals surface area contributed by atoms with Crippen LogP contribution in [0, 0.1) is 24.1 Å². The van der Waals surface area contributed by atoms with E-state index in [1.807, 2.05) is 6.07 Å². The number of carbonyl (C=O) groups is 1. The summed E-state index contributed by atoms with van der Waals surface area (Å²) in [5, 5.41) is 10.9. The molecule has 0 radical (unpaired) electrons. The average molecular weight is 220 g/mol. The molecular formula is C12H13FN2O. The summed E-state index contributed by atoms with van der Waals surface area (Å²) >= 11 is 0. The van der Waals surface area contributed by atoms with E-state index >= 15 is 0 Å². The smallest absolute Gasteiger partial charge is 0.251 e. The lowest BCUT2D eigenvalue weighted by Crippen LogP contribution is -2.24. The number of halogens is 1. The van der Waals surface area contributed by atoms with Crippen molar-refractivity contribution in [2.75, 3.05) is 6.54 Å². The normalized spacial score (nSPS) is 9.56. The van der Waals surface area contributed by atoms with Crippen LogP contribution in [0.5, 0.6) is 0 Å². The Balaban J connectivity index is 2.53. The molecule has 0 saturated heterocycles. The zero-order valence-corrected chi connectivity index (χ0v) is 9.09. The van der Waals surface area contributed by atoms with Gasteiger partial charge in [0.25, 0.3) is 5.91 Å². The fourth-order valence-electron chi connectivity index (χ4n) is 1.21. The molecule has 0 heterocycles. The molecule has 0 atom stereocenters. The predicted molar refractivity (Wildman–Crippen MR) is 58.3 cm³/mol. The first kappa shape index (κ1) is 12.2. The molecule has 0 unspecified atom stereocenters. The highest BCUT2D eigenvalue weighted by molar-refractivity contribution is 5.94. The number of rotatable bonds is 4. The predicted octanol–water partition coefficient (Wildman–Crippen LogP) is 2.17. The van der Waals surface area contributed by atoms with Crippen molar-refractivity contribution in [3.8, 4) is 6.07 Å². The summed E-state index contributed by atoms with van der Waals surface area (Å²) in [6.07, 6.45) is 1.01. The highest BCUT2D eigenvalue weighted by Crippen LogP contribution is 2.08. The Labute approximate surface area is 93.9 Å². The van der Waals surface area contributed by atoms with Gasteiger partial charge in [-0.25, -0.2) is 4.39 Å². The van der Waals surface area contributed by atoms with Crippen LogP contribution in [0.1, 0.15) is 28.8 Å². The molecule has 1 amide bonds. The summed E-state index contributed by atoms with van der Waals surface area (Å²) in [6.45, 7) is 2.08. The monoisotopic (exact) mass is 220 g/mol. The van der Waals surface area contributed by atoms with E-state index < -0.39 is 0 Å². The van der Waals surface area contributed by atoms with E-state index in [2.05, 4.69) is 5.32 Å². The molecule has 3 nitrogen and oxygen atoms in total. The second kappa shape index (κ2) is 5.86. The van der Waals surface area contributed by atoms with E-state index in [1.165, 1.54) is 6.07 Å². The van der Waals surface area contributed by atoms with Gasteiger partial charge in [-0.1, -0.05) is 6.07 Å². The van der Waals surface area contributed by atoms with Gasteiger partial charge in [0.1, 0.15) is 5.82 Å². The number of amides is 1. The molecule has 0 bridgehead atoms. The topological polar surface area (TPSA) is 52.9 Å². The van der Waals surface area contributed by atoms with Crippen LogP contribution in [0.4, 0.5) is 4.39 Å². The Morgan fingerprint density at radius 2 is 2.31 bits per heavy atom. The van der Waals surface area contributed by atoms with Crippen LogP contribution >= 0.6 is 0 Å². The van der Waals surface area contributed by atoms with Gasteiger partial charge >= 0.3 is 0 Å². The number of nitriles is 1. The third-order valence-corrected chi connectivity index (χ3v) is 2.18. The van der Waals surface area contributed by atoms with Crippen molar-refractivity contribution >= 4 is 5.91 Å². The molecule has 0 aromatic heterocycles. The Hall–Kier alpha value is -1.89. The van der Waals surface area contributed by atoms with Crippen molar-refractivity contribution in [3.05, 3.63) is 35.1 Å². The van der Waals surface area contributed by atoms with Gasteiger partial charge in [0.2, 0.25) is 0 Å². The number of carbonyl (C=O) groups excluding carboxylic acids is 1. The van der Waals surface area contributed by atoms with Crippen molar-refractivity contribution in [2.45, 2.75) is 19.8 Å². The van der Waals surface area contributed by atoms with Gasteiger partial charge < -0.3 is 5.32 Å². The van der Waals surface area contributed by atoms with Gasteiger partial charge in [-0.2, -0.15) is 5.26 Å². The highest BCUT2D eigenvalue weighted by atomic mass is 19.1. The lowest BCUT2D eigenvalue weighted by atomic mass is 10.1. The molecule has 1 N–H and O–H groups in total. The molecule has 0 aliphatic carbocycles. The number of unbranched alkanes of at least 4 members (excludes halogenated alkanes) is 1. The van der Waals surface area contributed by atoms with Crippen LogP contribution in [0.15, 0.2) is 18.2 Å². The zero-order valence-electron chi connectivity index (χ0n) is 9.09. The molecule has 1 aromatic rings. The number of benzene rings is 1. The van der Waals surface area contributed by atoms with E-state index in [0.717, 1.165) is 0 Å². The third kappa shape index (κ3) is 3.35. The summed E-state index contributed by atoms with van der Waals surface area (Å²) in [6, 6.07) is 6.35. The highest BCUT2D eigenvalue weighted by Gasteiger charge is 2.06. The maximum Gasteiger partial charge on any atom is 0.251 e. The van der Waals surface area contributed by atoms with Crippen molar-refractivity contribution in [1.29, 1.82) is 5.26 Å². The summed E-state index contributed by atoms with van der Waals surface area (Å²) in [5.74, 6) is -0.693. The Kier molecular flexibility index (Phi) is 4.46. The maximum absolute atomic E-state index is 13.2. The number of nitrogens with one attached hydrogen (secondary N) is 1. The summed E-state index contributed by atoms with van der Waals surface area (Å²) < 4.78 is 13.2. The van der Waals surface area contributed by atoms with Crippen molar-refractivity contribution in [3.63, 3.8) is 0 Å². The lowest BCUT2D eigenvalue weighted by molar-refractivity contribution is 0.0953. The van der Waals surface area contributed by atoms with Gasteiger partial charge in [0.15, 0.2) is 0 Å². The van der Waals surface area contributed by atoms with Crippen LogP contribution in [0.3, 0.4) is 0 Å². The van der Waals surface area contributed by atoms with E-state index in [9.17, 15) is 9.18 Å². The molecule has 84 valence electrons. The number of aryl methyl sites for hydroxylation is 1. The van der Waals surface area contributed by atoms with Crippen LogP contribution in [0.2, 0.25) is 0 Å². The molecule has 4 heteroatoms. The van der Waals surface area contributed by atoms with E-state index in [1.54, 1.807) is 19.1 Å². The van der Waals surface area contributed by atoms with Gasteiger partial charge in [0.05, 0.1) is 6.07 Å². The minimum atomic E-state index is -0.385. The van der Waals surface area contributed by atoms with Crippen molar-refractivity contribution < 1.29 is 9.18 Å². The van der Waals surface area contributed by atoms with Crippen LogP contribution in [-0.2, 0) is 0 Å². The standard InChI is InChI=1S/C12H13FN2O/c1-9-4-5-10(8-11(9)13)12(16)15-7-3-2-6-14/h4-5,8H,2-3,7H2,1H3,(H,15,16). The minimum absolute atomic E-state index is 0.306. The maximum atomic E-state index is 13.2. The van der Waals surface area contributed by atoms with E-state index in [0.29, 0.717) is 30.5 Å². The summed E-state index contributed by atoms with van der Waals surface area (Å²) in [4.78, 5) is 11.5. The van der Waals surface area contributed by atoms with E-state index in [-0.39, 0.29) is 11.7 Å². The van der Waals surface area contributed by atoms with Crippen LogP contribution in [0.25, 0.3) is 0 Å². The van der Waals surface area contributed by atoms with Crippen LogP contribution < -0.4 is 5.32 Å². The second-order valence-corrected chi connectivity index (χ2v) is 3.48. The fourth-order valence-corrected chi connectivity index (χ4v) is 1.21. The SMILES string of the molecule is Cc1ccc(C(=O)NCCCC#N)cc1F. The molecule has 0 aliphatic rings. The lowest BCUT2D eigenvalue weighted by Gasteiger charge is -2.04. The quantitative estimate of drug-likeness (QED) is 0.790. The molecule has 0 fully saturated rings. The largest absolute Gasteiger partial charge is 0.352 e. The first-order chi connectivity index (χ1) is 7.65. The molecule has 0 spiro atoms. The average Bonchev–Trinajstić information content (AvgIpc) is 2.28. The Morgan fingerprint density at radius 1 is 1.56 bits per heavy atom. The molecule has 1 rings (SSSR count). The fraction of sp³-hybridized carbons (Fsp3) is 0.333. The summed E-state index contributed by atoms with van der Waals surface area (Å²) in [7, 11) is 0. The van der Waals surface area contributed by atoms with Crippen molar-refractivity contribution in [1.82, 2.24) is 5.32 Å². The van der Waals surface area contributed by atoms with Gasteiger partial charge in [-0.05, 0) is 31.0 Å². The Bertz CT molecular complexity index is 424. The summed E-state index contributed by atoms with van der Waals surface area (Å²) in [5.41, 5.74) is 0.820. The van der Waals surface area contributed by atoms with Crippen LogP contribution in [-0.4, -0.2) is 12.5 Å². The first-order valence-electron chi connectivity index (χ1n) is 5.06. The molecular weight excluding hydrogens is 207 g/mol. The number of nitrogens with zero attached hydrogens (tertiary/aromatic N) is 1. The van der Waals surface area contributed by atoms with Gasteiger partial charge in [0, 0.05) is 18.5 Å². The Morgan fingerprint density at radius 3 is 2.94 bits per heavy atom. The minimum Gasteiger partial charge on any atom is -0.352 e. The molecule has 16 heavy (non-hydrogen) atoms. The first-order valence-corrected chi connectivity index (χ1v) is 5.06. The van der Waals surface area contributed by atoms with Crippen molar-refractivity contribution in [2.24, 2.45) is 0 Å².